The number of halogens is 2. The minimum atomic E-state index is -2.89. The number of nitrogens with one attached hydrogen (secondary N) is 1. The molecule has 1 heterocycles. The van der Waals surface area contributed by atoms with Crippen molar-refractivity contribution in [1.29, 1.82) is 0 Å². The first-order valence-corrected chi connectivity index (χ1v) is 6.67. The Bertz CT molecular complexity index is 646. The van der Waals surface area contributed by atoms with Crippen molar-refractivity contribution >= 4 is 11.6 Å². The van der Waals surface area contributed by atoms with Crippen LogP contribution in [0.5, 0.6) is 5.75 Å². The number of nitrogens with zero attached hydrogens (tertiary/aromatic N) is 2. The third-order valence-corrected chi connectivity index (χ3v) is 2.87. The summed E-state index contributed by atoms with van der Waals surface area (Å²) in [6.45, 7) is 3.09. The Labute approximate surface area is 126 Å². The number of aromatic nitrogens is 2. The van der Waals surface area contributed by atoms with Gasteiger partial charge >= 0.3 is 6.61 Å². The zero-order valence-corrected chi connectivity index (χ0v) is 12.5. The molecule has 5 nitrogen and oxygen atoms in total. The Balaban J connectivity index is 2.04. The molecule has 0 fully saturated rings. The fraction of sp³-hybridized carbons (Fsp3) is 0.333. The fourth-order valence-corrected chi connectivity index (χ4v) is 1.75. The summed E-state index contributed by atoms with van der Waals surface area (Å²) in [5.41, 5.74) is 0.718. The molecule has 7 heteroatoms. The smallest absolute Gasteiger partial charge is 0.387 e. The molecule has 0 aliphatic carbocycles. The van der Waals surface area contributed by atoms with Crippen LogP contribution in [0.1, 0.15) is 31.1 Å². The summed E-state index contributed by atoms with van der Waals surface area (Å²) in [6.07, 6.45) is 3.28. The molecule has 0 bridgehead atoms. The molecule has 0 aliphatic heterocycles. The lowest BCUT2D eigenvalue weighted by atomic mass is 10.1. The monoisotopic (exact) mass is 309 g/mol. The predicted molar refractivity (Wildman–Crippen MR) is 78.3 cm³/mol. The second-order valence-electron chi connectivity index (χ2n) is 5.70. The molecule has 22 heavy (non-hydrogen) atoms. The van der Waals surface area contributed by atoms with Crippen molar-refractivity contribution < 1.29 is 18.3 Å². The molecule has 118 valence electrons. The number of ether oxygens (including phenoxy) is 1. The number of amides is 1. The van der Waals surface area contributed by atoms with E-state index in [1.807, 2.05) is 20.8 Å². The first-order chi connectivity index (χ1) is 10.3. The van der Waals surface area contributed by atoms with Crippen LogP contribution in [0.4, 0.5) is 14.5 Å². The largest absolute Gasteiger partial charge is 0.435 e. The summed E-state index contributed by atoms with van der Waals surface area (Å²) in [5, 5.41) is 6.88. The van der Waals surface area contributed by atoms with E-state index in [4.69, 9.17) is 0 Å². The highest BCUT2D eigenvalue weighted by Gasteiger charge is 2.15. The van der Waals surface area contributed by atoms with E-state index < -0.39 is 6.61 Å². The Morgan fingerprint density at radius 2 is 1.91 bits per heavy atom. The van der Waals surface area contributed by atoms with Gasteiger partial charge in [0.05, 0.1) is 17.4 Å². The van der Waals surface area contributed by atoms with Gasteiger partial charge in [-0.05, 0) is 45.0 Å². The molecular formula is C15H17F2N3O2. The number of benzene rings is 1. The minimum Gasteiger partial charge on any atom is -0.435 e. The maximum absolute atomic E-state index is 12.1. The van der Waals surface area contributed by atoms with Gasteiger partial charge in [-0.1, -0.05) is 0 Å². The molecule has 0 atom stereocenters. The second kappa shape index (κ2) is 6.13. The number of anilines is 1. The lowest BCUT2D eigenvalue weighted by molar-refractivity contribution is -0.0498. The van der Waals surface area contributed by atoms with Crippen molar-refractivity contribution in [1.82, 2.24) is 9.78 Å². The highest BCUT2D eigenvalue weighted by atomic mass is 19.3. The average Bonchev–Trinajstić information content (AvgIpc) is 2.87. The highest BCUT2D eigenvalue weighted by molar-refractivity contribution is 6.04. The van der Waals surface area contributed by atoms with E-state index >= 15 is 0 Å². The minimum absolute atomic E-state index is 0.00658. The average molecular weight is 309 g/mol. The molecule has 0 aliphatic rings. The molecule has 2 aromatic rings. The third kappa shape index (κ3) is 4.03. The molecule has 1 aromatic carbocycles. The number of rotatable bonds is 4. The van der Waals surface area contributed by atoms with Crippen LogP contribution in [0.25, 0.3) is 0 Å². The van der Waals surface area contributed by atoms with Crippen molar-refractivity contribution in [3.8, 4) is 5.75 Å². The summed E-state index contributed by atoms with van der Waals surface area (Å²) in [4.78, 5) is 12.1. The van der Waals surface area contributed by atoms with Gasteiger partial charge in [-0.15, -0.1) is 0 Å². The molecule has 1 N–H and O–H groups in total. The van der Waals surface area contributed by atoms with Crippen molar-refractivity contribution in [3.63, 3.8) is 0 Å². The normalized spacial score (nSPS) is 11.5. The first-order valence-electron chi connectivity index (χ1n) is 6.67. The van der Waals surface area contributed by atoms with Crippen LogP contribution in [0.15, 0.2) is 36.7 Å². The number of carbonyl (C=O) groups excluding carboxylic acids is 1. The van der Waals surface area contributed by atoms with Gasteiger partial charge in [-0.2, -0.15) is 13.9 Å². The van der Waals surface area contributed by atoms with Gasteiger partial charge < -0.3 is 10.1 Å². The Morgan fingerprint density at radius 3 is 2.41 bits per heavy atom. The summed E-state index contributed by atoms with van der Waals surface area (Å²) in [6, 6.07) is 5.47. The first kappa shape index (κ1) is 15.9. The second-order valence-corrected chi connectivity index (χ2v) is 5.70. The van der Waals surface area contributed by atoms with E-state index in [-0.39, 0.29) is 17.2 Å². The van der Waals surface area contributed by atoms with E-state index in [1.54, 1.807) is 17.1 Å². The van der Waals surface area contributed by atoms with Crippen molar-refractivity contribution in [2.45, 2.75) is 32.9 Å². The van der Waals surface area contributed by atoms with Crippen LogP contribution in [-0.2, 0) is 5.54 Å². The van der Waals surface area contributed by atoms with E-state index in [0.29, 0.717) is 11.3 Å². The van der Waals surface area contributed by atoms with Crippen LogP contribution in [0, 0.1) is 0 Å². The molecule has 0 saturated carbocycles. The lowest BCUT2D eigenvalue weighted by Crippen LogP contribution is -2.22. The van der Waals surface area contributed by atoms with Gasteiger partial charge in [-0.3, -0.25) is 9.48 Å². The third-order valence-electron chi connectivity index (χ3n) is 2.87. The van der Waals surface area contributed by atoms with Gasteiger partial charge in [0.25, 0.3) is 5.91 Å². The van der Waals surface area contributed by atoms with E-state index in [2.05, 4.69) is 15.2 Å². The molecular weight excluding hydrogens is 292 g/mol. The number of carbonyl (C=O) groups is 1. The molecule has 0 spiro atoms. The van der Waals surface area contributed by atoms with Crippen molar-refractivity contribution in [2.75, 3.05) is 5.32 Å². The zero-order chi connectivity index (χ0) is 16.3. The summed E-state index contributed by atoms with van der Waals surface area (Å²) in [5.74, 6) is -0.343. The number of alkyl halides is 2. The van der Waals surface area contributed by atoms with Crippen LogP contribution in [0.2, 0.25) is 0 Å². The number of hydrogen-bond donors (Lipinski definition) is 1. The fourth-order valence-electron chi connectivity index (χ4n) is 1.75. The van der Waals surface area contributed by atoms with Crippen molar-refractivity contribution in [3.05, 3.63) is 42.2 Å². The molecule has 0 unspecified atom stereocenters. The maximum atomic E-state index is 12.1. The summed E-state index contributed by atoms with van der Waals surface area (Å²) in [7, 11) is 0. The van der Waals surface area contributed by atoms with E-state index in [0.717, 1.165) is 0 Å². The quantitative estimate of drug-likeness (QED) is 0.940. The molecule has 1 amide bonds. The standard InChI is InChI=1S/C15H17F2N3O2/c1-15(2,3)20-9-11(8-18-20)19-13(21)10-4-6-12(7-5-10)22-14(16)17/h4-9,14H,1-3H3,(H,19,21). The summed E-state index contributed by atoms with van der Waals surface area (Å²) < 4.78 is 30.1. The molecule has 0 saturated heterocycles. The topological polar surface area (TPSA) is 56.2 Å². The van der Waals surface area contributed by atoms with Crippen LogP contribution >= 0.6 is 0 Å². The SMILES string of the molecule is CC(C)(C)n1cc(NC(=O)c2ccc(OC(F)F)cc2)cn1. The molecule has 0 radical (unpaired) electrons. The maximum Gasteiger partial charge on any atom is 0.387 e. The Morgan fingerprint density at radius 1 is 1.27 bits per heavy atom. The van der Waals surface area contributed by atoms with E-state index in [1.165, 1.54) is 24.3 Å². The lowest BCUT2D eigenvalue weighted by Gasteiger charge is -2.18. The van der Waals surface area contributed by atoms with Crippen LogP contribution in [0.3, 0.4) is 0 Å². The molecule has 1 aromatic heterocycles. The van der Waals surface area contributed by atoms with Gasteiger partial charge in [0.15, 0.2) is 0 Å². The van der Waals surface area contributed by atoms with Gasteiger partial charge in [0, 0.05) is 11.8 Å². The van der Waals surface area contributed by atoms with E-state index in [9.17, 15) is 13.6 Å². The van der Waals surface area contributed by atoms with Gasteiger partial charge in [0.2, 0.25) is 0 Å². The Kier molecular flexibility index (Phi) is 4.44. The van der Waals surface area contributed by atoms with Crippen molar-refractivity contribution in [2.24, 2.45) is 0 Å². The zero-order valence-electron chi connectivity index (χ0n) is 12.5. The Hall–Kier alpha value is -2.44. The van der Waals surface area contributed by atoms with Crippen LogP contribution < -0.4 is 10.1 Å². The highest BCUT2D eigenvalue weighted by Crippen LogP contribution is 2.18. The number of hydrogen-bond acceptors (Lipinski definition) is 3. The predicted octanol–water partition coefficient (Wildman–Crippen LogP) is 3.49. The van der Waals surface area contributed by atoms with Gasteiger partial charge in [0.1, 0.15) is 5.75 Å². The van der Waals surface area contributed by atoms with Crippen LogP contribution in [-0.4, -0.2) is 22.3 Å². The van der Waals surface area contributed by atoms with Gasteiger partial charge in [-0.25, -0.2) is 0 Å². The molecule has 2 rings (SSSR count). The summed E-state index contributed by atoms with van der Waals surface area (Å²) >= 11 is 0.